The van der Waals surface area contributed by atoms with Crippen molar-refractivity contribution >= 4 is 17.1 Å². The monoisotopic (exact) mass is 451 g/mol. The van der Waals surface area contributed by atoms with E-state index >= 15 is 0 Å². The zero-order valence-corrected chi connectivity index (χ0v) is 19.4. The quantitative estimate of drug-likeness (QED) is 0.511. The van der Waals surface area contributed by atoms with Crippen LogP contribution in [0.2, 0.25) is 0 Å². The predicted molar refractivity (Wildman–Crippen MR) is 127 cm³/mol. The van der Waals surface area contributed by atoms with E-state index in [0.717, 1.165) is 5.56 Å². The van der Waals surface area contributed by atoms with Gasteiger partial charge in [-0.05, 0) is 37.5 Å². The molecule has 0 spiro atoms. The van der Waals surface area contributed by atoms with Crippen molar-refractivity contribution in [3.05, 3.63) is 108 Å². The minimum atomic E-state index is -1.79. The summed E-state index contributed by atoms with van der Waals surface area (Å²) in [6.07, 6.45) is -1.85. The molecular weight excluding hydrogens is 422 g/mol. The molecule has 1 amide bonds. The lowest BCUT2D eigenvalue weighted by Crippen LogP contribution is -2.45. The van der Waals surface area contributed by atoms with Gasteiger partial charge in [0.2, 0.25) is 0 Å². The molecule has 0 saturated heterocycles. The highest BCUT2D eigenvalue weighted by atomic mass is 32.2. The average Bonchev–Trinajstić information content (AvgIpc) is 2.81. The fourth-order valence-electron chi connectivity index (χ4n) is 3.29. The molecule has 0 saturated carbocycles. The standard InChI is InChI=1S/C26H29NO4S/c1-26(2,3)32(30)27(25(29)31-19-20-13-7-4-8-14-20)23(21-15-9-5-10-16-21)24(28)22-17-11-6-12-18-22/h4-18,23-24,28H,19H2,1-3H3/t23-,24+,32-/m0/s1. The van der Waals surface area contributed by atoms with Gasteiger partial charge in [-0.15, -0.1) is 0 Å². The van der Waals surface area contributed by atoms with Crippen molar-refractivity contribution in [2.45, 2.75) is 44.3 Å². The highest BCUT2D eigenvalue weighted by Gasteiger charge is 2.41. The van der Waals surface area contributed by atoms with Gasteiger partial charge in [0.05, 0.1) is 4.75 Å². The van der Waals surface area contributed by atoms with Gasteiger partial charge in [0.15, 0.2) is 0 Å². The maximum atomic E-state index is 13.6. The van der Waals surface area contributed by atoms with E-state index in [1.165, 1.54) is 4.31 Å². The molecule has 0 aliphatic heterocycles. The minimum absolute atomic E-state index is 0.0421. The van der Waals surface area contributed by atoms with E-state index in [9.17, 15) is 14.1 Å². The van der Waals surface area contributed by atoms with Crippen molar-refractivity contribution in [2.24, 2.45) is 0 Å². The Bertz CT molecular complexity index is 1020. The van der Waals surface area contributed by atoms with E-state index in [1.807, 2.05) is 78.9 Å². The van der Waals surface area contributed by atoms with Crippen LogP contribution in [0.5, 0.6) is 0 Å². The fourth-order valence-corrected chi connectivity index (χ4v) is 4.51. The number of hydrogen-bond acceptors (Lipinski definition) is 4. The van der Waals surface area contributed by atoms with Crippen LogP contribution in [0.25, 0.3) is 0 Å². The van der Waals surface area contributed by atoms with Crippen molar-refractivity contribution in [3.63, 3.8) is 0 Å². The zero-order valence-electron chi connectivity index (χ0n) is 18.5. The number of aliphatic hydroxyl groups excluding tert-OH is 1. The lowest BCUT2D eigenvalue weighted by atomic mass is 9.96. The van der Waals surface area contributed by atoms with Crippen molar-refractivity contribution in [1.82, 2.24) is 4.31 Å². The molecular formula is C26H29NO4S. The summed E-state index contributed by atoms with van der Waals surface area (Å²) < 4.78 is 19.6. The Morgan fingerprint density at radius 1 is 0.875 bits per heavy atom. The van der Waals surface area contributed by atoms with Gasteiger partial charge in [-0.1, -0.05) is 91.0 Å². The molecule has 3 aromatic rings. The molecule has 1 N–H and O–H groups in total. The van der Waals surface area contributed by atoms with Crippen molar-refractivity contribution in [1.29, 1.82) is 0 Å². The first-order valence-electron chi connectivity index (χ1n) is 10.5. The summed E-state index contributed by atoms with van der Waals surface area (Å²) in [6, 6.07) is 26.6. The lowest BCUT2D eigenvalue weighted by Gasteiger charge is -2.37. The Morgan fingerprint density at radius 3 is 1.84 bits per heavy atom. The van der Waals surface area contributed by atoms with Crippen LogP contribution in [-0.4, -0.2) is 24.5 Å². The summed E-state index contributed by atoms with van der Waals surface area (Å²) in [5.74, 6) is 0. The summed E-state index contributed by atoms with van der Waals surface area (Å²) in [5, 5.41) is 11.4. The van der Waals surface area contributed by atoms with E-state index in [2.05, 4.69) is 0 Å². The molecule has 6 heteroatoms. The van der Waals surface area contributed by atoms with Gasteiger partial charge in [-0.3, -0.25) is 0 Å². The number of rotatable bonds is 7. The lowest BCUT2D eigenvalue weighted by molar-refractivity contribution is 0.0647. The first kappa shape index (κ1) is 23.7. The Labute approximate surface area is 192 Å². The summed E-state index contributed by atoms with van der Waals surface area (Å²) in [7, 11) is -1.79. The van der Waals surface area contributed by atoms with Gasteiger partial charge in [0, 0.05) is 0 Å². The molecule has 0 aromatic heterocycles. The number of carbonyl (C=O) groups excluding carboxylic acids is 1. The molecule has 0 bridgehead atoms. The fraction of sp³-hybridized carbons (Fsp3) is 0.269. The van der Waals surface area contributed by atoms with Gasteiger partial charge in [-0.2, -0.15) is 0 Å². The molecule has 0 fully saturated rings. The third kappa shape index (κ3) is 5.84. The van der Waals surface area contributed by atoms with Crippen LogP contribution in [0.1, 0.15) is 49.6 Å². The van der Waals surface area contributed by atoms with Gasteiger partial charge in [0.25, 0.3) is 0 Å². The molecule has 0 aliphatic rings. The maximum Gasteiger partial charge on any atom is 0.422 e. The van der Waals surface area contributed by atoms with Crippen LogP contribution < -0.4 is 0 Å². The number of carbonyl (C=O) groups is 1. The first-order valence-corrected chi connectivity index (χ1v) is 11.6. The molecule has 3 atom stereocenters. The normalized spacial score (nSPS) is 14.2. The maximum absolute atomic E-state index is 13.6. The zero-order chi connectivity index (χ0) is 23.1. The smallest absolute Gasteiger partial charge is 0.422 e. The second-order valence-electron chi connectivity index (χ2n) is 8.44. The largest absolute Gasteiger partial charge is 0.444 e. The summed E-state index contributed by atoms with van der Waals surface area (Å²) in [5.41, 5.74) is 2.11. The summed E-state index contributed by atoms with van der Waals surface area (Å²) >= 11 is 0. The van der Waals surface area contributed by atoms with Crippen LogP contribution in [0.3, 0.4) is 0 Å². The van der Waals surface area contributed by atoms with Crippen LogP contribution in [-0.2, 0) is 22.3 Å². The third-order valence-corrected chi connectivity index (χ3v) is 6.70. The van der Waals surface area contributed by atoms with Crippen molar-refractivity contribution in [3.8, 4) is 0 Å². The highest BCUT2D eigenvalue weighted by Crippen LogP contribution is 2.37. The molecule has 3 aromatic carbocycles. The summed E-state index contributed by atoms with van der Waals surface area (Å²) in [4.78, 5) is 13.4. The van der Waals surface area contributed by atoms with E-state index in [4.69, 9.17) is 4.74 Å². The number of benzene rings is 3. The average molecular weight is 452 g/mol. The SMILES string of the molecule is CC(C)(C)[S@](=O)N(C(=O)OCc1ccccc1)[C@@H](c1ccccc1)[C@H](O)c1ccccc1. The molecule has 0 unspecified atom stereocenters. The number of aliphatic hydroxyl groups is 1. The van der Waals surface area contributed by atoms with Crippen molar-refractivity contribution in [2.75, 3.05) is 0 Å². The predicted octanol–water partition coefficient (Wildman–Crippen LogP) is 5.56. The van der Waals surface area contributed by atoms with Crippen LogP contribution >= 0.6 is 0 Å². The number of amides is 1. The molecule has 168 valence electrons. The second-order valence-corrected chi connectivity index (χ2v) is 10.6. The third-order valence-electron chi connectivity index (χ3n) is 4.92. The number of hydrogen-bond donors (Lipinski definition) is 1. The van der Waals surface area contributed by atoms with E-state index in [1.54, 1.807) is 32.9 Å². The van der Waals surface area contributed by atoms with E-state index < -0.39 is 34.0 Å². The van der Waals surface area contributed by atoms with Gasteiger partial charge in [-0.25, -0.2) is 13.3 Å². The van der Waals surface area contributed by atoms with E-state index in [0.29, 0.717) is 11.1 Å². The van der Waals surface area contributed by atoms with Crippen LogP contribution in [0.15, 0.2) is 91.0 Å². The number of nitrogens with zero attached hydrogens (tertiary/aromatic N) is 1. The molecule has 0 aliphatic carbocycles. The summed E-state index contributed by atoms with van der Waals surface area (Å²) in [6.45, 7) is 5.41. The van der Waals surface area contributed by atoms with Gasteiger partial charge >= 0.3 is 6.09 Å². The molecule has 32 heavy (non-hydrogen) atoms. The second kappa shape index (κ2) is 10.6. The number of ether oxygens (including phenoxy) is 1. The Balaban J connectivity index is 2.02. The van der Waals surface area contributed by atoms with Crippen LogP contribution in [0.4, 0.5) is 4.79 Å². The van der Waals surface area contributed by atoms with Crippen LogP contribution in [0, 0.1) is 0 Å². The molecule has 5 nitrogen and oxygen atoms in total. The van der Waals surface area contributed by atoms with Gasteiger partial charge in [0.1, 0.15) is 29.7 Å². The molecule has 0 radical (unpaired) electrons. The van der Waals surface area contributed by atoms with Gasteiger partial charge < -0.3 is 9.84 Å². The Kier molecular flexibility index (Phi) is 7.83. The molecule has 0 heterocycles. The Morgan fingerprint density at radius 2 is 1.34 bits per heavy atom. The molecule has 3 rings (SSSR count). The topological polar surface area (TPSA) is 66.8 Å². The van der Waals surface area contributed by atoms with E-state index in [-0.39, 0.29) is 6.61 Å². The Hall–Kier alpha value is -2.96. The van der Waals surface area contributed by atoms with Crippen molar-refractivity contribution < 1.29 is 18.8 Å². The first-order chi connectivity index (χ1) is 15.3. The highest BCUT2D eigenvalue weighted by molar-refractivity contribution is 7.84. The minimum Gasteiger partial charge on any atom is -0.444 e.